The number of nitrogens with one attached hydrogen (secondary N) is 1. The van der Waals surface area contributed by atoms with Crippen LogP contribution in [0.25, 0.3) is 0 Å². The number of sulfone groups is 1. The molecule has 5 heteroatoms. The molecule has 1 rings (SSSR count). The largest absolute Gasteiger partial charge is 0.296 e. The second-order valence-electron chi connectivity index (χ2n) is 4.14. The van der Waals surface area contributed by atoms with Crippen LogP contribution in [-0.4, -0.2) is 31.0 Å². The summed E-state index contributed by atoms with van der Waals surface area (Å²) in [6.07, 6.45) is 0.394. The first kappa shape index (κ1) is 11.5. The molecule has 0 bridgehead atoms. The molecular weight excluding hydrogens is 200 g/mol. The van der Waals surface area contributed by atoms with Crippen LogP contribution in [0.3, 0.4) is 0 Å². The molecule has 80 valence electrons. The van der Waals surface area contributed by atoms with E-state index in [2.05, 4.69) is 11.4 Å². The van der Waals surface area contributed by atoms with Crippen molar-refractivity contribution in [3.63, 3.8) is 0 Å². The van der Waals surface area contributed by atoms with Crippen LogP contribution in [0.2, 0.25) is 0 Å². The molecule has 1 aliphatic heterocycles. The van der Waals surface area contributed by atoms with Gasteiger partial charge in [-0.15, -0.1) is 0 Å². The maximum atomic E-state index is 11.5. The van der Waals surface area contributed by atoms with Crippen LogP contribution in [0.1, 0.15) is 27.2 Å². The lowest BCUT2D eigenvalue weighted by molar-refractivity contribution is 0.375. The van der Waals surface area contributed by atoms with E-state index in [1.54, 1.807) is 6.92 Å². The molecule has 1 saturated heterocycles. The van der Waals surface area contributed by atoms with E-state index in [4.69, 9.17) is 5.26 Å². The third-order valence-electron chi connectivity index (χ3n) is 2.76. The van der Waals surface area contributed by atoms with E-state index in [0.29, 0.717) is 6.42 Å². The van der Waals surface area contributed by atoms with Gasteiger partial charge in [0.1, 0.15) is 5.54 Å². The van der Waals surface area contributed by atoms with E-state index >= 15 is 0 Å². The highest BCUT2D eigenvalue weighted by Gasteiger charge is 2.50. The molecule has 0 aromatic carbocycles. The average molecular weight is 216 g/mol. The normalized spacial score (nSPS) is 35.8. The first-order chi connectivity index (χ1) is 6.34. The highest BCUT2D eigenvalue weighted by atomic mass is 32.2. The fourth-order valence-corrected chi connectivity index (χ4v) is 3.69. The lowest BCUT2D eigenvalue weighted by Gasteiger charge is -2.28. The number of hydrogen-bond donors (Lipinski definition) is 1. The molecule has 0 aromatic rings. The van der Waals surface area contributed by atoms with Crippen LogP contribution in [0.15, 0.2) is 0 Å². The maximum absolute atomic E-state index is 11.5. The molecule has 0 amide bonds. The van der Waals surface area contributed by atoms with Crippen LogP contribution < -0.4 is 5.32 Å². The van der Waals surface area contributed by atoms with Crippen LogP contribution in [0.4, 0.5) is 0 Å². The molecule has 1 heterocycles. The average Bonchev–Trinajstić information content (AvgIpc) is 2.30. The van der Waals surface area contributed by atoms with Gasteiger partial charge in [0, 0.05) is 6.04 Å². The fraction of sp³-hybridized carbons (Fsp3) is 0.889. The van der Waals surface area contributed by atoms with E-state index in [0.717, 1.165) is 0 Å². The Balaban J connectivity index is 3.01. The van der Waals surface area contributed by atoms with Crippen molar-refractivity contribution in [3.05, 3.63) is 0 Å². The predicted molar refractivity (Wildman–Crippen MR) is 54.5 cm³/mol. The van der Waals surface area contributed by atoms with Gasteiger partial charge in [0.05, 0.1) is 17.1 Å². The Morgan fingerprint density at radius 2 is 2.14 bits per heavy atom. The molecule has 0 radical (unpaired) electrons. The van der Waals surface area contributed by atoms with Gasteiger partial charge in [-0.25, -0.2) is 8.42 Å². The summed E-state index contributed by atoms with van der Waals surface area (Å²) in [6, 6.07) is 2.24. The van der Waals surface area contributed by atoms with E-state index in [1.807, 2.05) is 13.8 Å². The number of nitriles is 1. The third kappa shape index (κ3) is 1.77. The zero-order valence-corrected chi connectivity index (χ0v) is 9.56. The standard InChI is InChI=1S/C9H16N2O2S/c1-7(2)11-9(6-10)4-5-14(12,13)8(9)3/h7-8,11H,4-5H2,1-3H3. The van der Waals surface area contributed by atoms with Crippen molar-refractivity contribution in [2.75, 3.05) is 5.75 Å². The Hall–Kier alpha value is -0.600. The van der Waals surface area contributed by atoms with Crippen LogP contribution in [0.5, 0.6) is 0 Å². The van der Waals surface area contributed by atoms with Gasteiger partial charge in [-0.2, -0.15) is 5.26 Å². The van der Waals surface area contributed by atoms with Gasteiger partial charge < -0.3 is 0 Å². The third-order valence-corrected chi connectivity index (χ3v) is 5.01. The van der Waals surface area contributed by atoms with Crippen LogP contribution in [-0.2, 0) is 9.84 Å². The van der Waals surface area contributed by atoms with Gasteiger partial charge in [-0.05, 0) is 27.2 Å². The monoisotopic (exact) mass is 216 g/mol. The molecule has 1 fully saturated rings. The van der Waals surface area contributed by atoms with E-state index in [-0.39, 0.29) is 11.8 Å². The van der Waals surface area contributed by atoms with Crippen molar-refractivity contribution in [2.24, 2.45) is 0 Å². The summed E-state index contributed by atoms with van der Waals surface area (Å²) in [4.78, 5) is 0. The van der Waals surface area contributed by atoms with E-state index in [1.165, 1.54) is 0 Å². The summed E-state index contributed by atoms with van der Waals surface area (Å²) in [5.74, 6) is 0.113. The van der Waals surface area contributed by atoms with Gasteiger partial charge in [0.25, 0.3) is 0 Å². The SMILES string of the molecule is CC(C)NC1(C#N)CCS(=O)(=O)C1C. The lowest BCUT2D eigenvalue weighted by atomic mass is 9.94. The molecule has 0 saturated carbocycles. The highest BCUT2D eigenvalue weighted by molar-refractivity contribution is 7.92. The fourth-order valence-electron chi connectivity index (χ4n) is 1.87. The van der Waals surface area contributed by atoms with Crippen molar-refractivity contribution in [1.82, 2.24) is 5.32 Å². The molecule has 1 N–H and O–H groups in total. The predicted octanol–water partition coefficient (Wildman–Crippen LogP) is 0.454. The summed E-state index contributed by atoms with van der Waals surface area (Å²) in [5, 5.41) is 11.6. The summed E-state index contributed by atoms with van der Waals surface area (Å²) in [5.41, 5.74) is -0.882. The minimum atomic E-state index is -3.08. The summed E-state index contributed by atoms with van der Waals surface area (Å²) in [6.45, 7) is 5.44. The summed E-state index contributed by atoms with van der Waals surface area (Å²) >= 11 is 0. The second kappa shape index (κ2) is 3.52. The molecule has 0 aliphatic carbocycles. The van der Waals surface area contributed by atoms with Gasteiger partial charge in [-0.1, -0.05) is 0 Å². The first-order valence-corrected chi connectivity index (χ1v) is 6.46. The maximum Gasteiger partial charge on any atom is 0.155 e. The molecule has 4 nitrogen and oxygen atoms in total. The quantitative estimate of drug-likeness (QED) is 0.727. The molecule has 0 aromatic heterocycles. The minimum absolute atomic E-state index is 0.113. The smallest absolute Gasteiger partial charge is 0.155 e. The van der Waals surface area contributed by atoms with Crippen molar-refractivity contribution in [3.8, 4) is 6.07 Å². The van der Waals surface area contributed by atoms with Crippen molar-refractivity contribution in [2.45, 2.75) is 44.0 Å². The van der Waals surface area contributed by atoms with Crippen LogP contribution >= 0.6 is 0 Å². The molecular formula is C9H16N2O2S. The van der Waals surface area contributed by atoms with Gasteiger partial charge in [0.2, 0.25) is 0 Å². The summed E-state index contributed by atoms with van der Waals surface area (Å²) < 4.78 is 23.1. The van der Waals surface area contributed by atoms with Gasteiger partial charge in [-0.3, -0.25) is 5.32 Å². The summed E-state index contributed by atoms with van der Waals surface area (Å²) in [7, 11) is -3.08. The zero-order valence-electron chi connectivity index (χ0n) is 8.74. The number of rotatable bonds is 2. The first-order valence-electron chi connectivity index (χ1n) is 4.74. The molecule has 14 heavy (non-hydrogen) atoms. The Bertz CT molecular complexity index is 355. The van der Waals surface area contributed by atoms with Crippen molar-refractivity contribution in [1.29, 1.82) is 5.26 Å². The Morgan fingerprint density at radius 1 is 1.57 bits per heavy atom. The molecule has 1 aliphatic rings. The second-order valence-corrected chi connectivity index (χ2v) is 6.58. The van der Waals surface area contributed by atoms with Crippen LogP contribution in [0, 0.1) is 11.3 Å². The lowest BCUT2D eigenvalue weighted by Crippen LogP contribution is -2.53. The Morgan fingerprint density at radius 3 is 2.43 bits per heavy atom. The topological polar surface area (TPSA) is 70.0 Å². The Kier molecular flexibility index (Phi) is 2.88. The van der Waals surface area contributed by atoms with Crippen molar-refractivity contribution >= 4 is 9.84 Å². The van der Waals surface area contributed by atoms with Gasteiger partial charge in [0.15, 0.2) is 9.84 Å². The van der Waals surface area contributed by atoms with E-state index in [9.17, 15) is 8.42 Å². The molecule has 0 spiro atoms. The number of hydrogen-bond acceptors (Lipinski definition) is 4. The highest BCUT2D eigenvalue weighted by Crippen LogP contribution is 2.30. The zero-order chi connectivity index (χ0) is 11.0. The number of nitrogens with zero attached hydrogens (tertiary/aromatic N) is 1. The molecule has 2 unspecified atom stereocenters. The Labute approximate surface area is 85.2 Å². The van der Waals surface area contributed by atoms with Gasteiger partial charge >= 0.3 is 0 Å². The molecule has 2 atom stereocenters. The minimum Gasteiger partial charge on any atom is -0.296 e. The van der Waals surface area contributed by atoms with E-state index < -0.39 is 20.6 Å². The van der Waals surface area contributed by atoms with Crippen molar-refractivity contribution < 1.29 is 8.42 Å².